The molecule has 0 spiro atoms. The van der Waals surface area contributed by atoms with Gasteiger partial charge in [0.05, 0.1) is 53.4 Å². The first kappa shape index (κ1) is 50.4. The predicted octanol–water partition coefficient (Wildman–Crippen LogP) is 3.41. The highest BCUT2D eigenvalue weighted by molar-refractivity contribution is 5.88. The van der Waals surface area contributed by atoms with Crippen molar-refractivity contribution in [1.82, 2.24) is 4.90 Å². The molecule has 0 aromatic rings. The van der Waals surface area contributed by atoms with Gasteiger partial charge in [0.2, 0.25) is 0 Å². The first-order valence-corrected chi connectivity index (χ1v) is 19.8. The lowest BCUT2D eigenvalue weighted by Gasteiger charge is -2.49. The van der Waals surface area contributed by atoms with E-state index in [2.05, 4.69) is 11.7 Å². The van der Waals surface area contributed by atoms with Crippen LogP contribution in [0, 0.1) is 23.7 Å². The van der Waals surface area contributed by atoms with Crippen LogP contribution in [0.5, 0.6) is 0 Å². The van der Waals surface area contributed by atoms with E-state index in [1.165, 1.54) is 20.1 Å². The maximum absolute atomic E-state index is 14.3. The Balaban J connectivity index is 0.0000108. The topological polar surface area (TPSA) is 198 Å². The minimum absolute atomic E-state index is 0. The summed E-state index contributed by atoms with van der Waals surface area (Å²) in [6.45, 7) is 20.8. The third kappa shape index (κ3) is 11.3. The zero-order valence-electron chi connectivity index (χ0n) is 35.4. The molecule has 0 bridgehead atoms. The Kier molecular flexibility index (Phi) is 18.4. The Hall–Kier alpha value is -1.76. The molecule has 0 aromatic heterocycles. The van der Waals surface area contributed by atoms with E-state index >= 15 is 0 Å². The lowest BCUT2D eigenvalue weighted by Crippen LogP contribution is -2.61. The van der Waals surface area contributed by atoms with Gasteiger partial charge >= 0.3 is 5.97 Å². The zero-order chi connectivity index (χ0) is 41.8. The minimum atomic E-state index is -1.94. The van der Waals surface area contributed by atoms with Gasteiger partial charge in [-0.15, -0.1) is 0 Å². The summed E-state index contributed by atoms with van der Waals surface area (Å²) in [5.74, 6) is -4.00. The number of carbonyl (C=O) groups is 1. The molecule has 8 unspecified atom stereocenters. The monoisotopic (exact) mass is 805 g/mol. The number of cyclic esters (lactones) is 1. The highest BCUT2D eigenvalue weighted by Crippen LogP contribution is 2.41. The molecular formula is C41H76N2O13. The largest absolute Gasteiger partial charge is 0.459 e. The number of hydrogen-bond donors (Lipinski definition) is 5. The molecule has 0 aromatic carbocycles. The van der Waals surface area contributed by atoms with Crippen molar-refractivity contribution in [1.29, 1.82) is 0 Å². The molecule has 328 valence electrons. The van der Waals surface area contributed by atoms with Gasteiger partial charge in [-0.05, 0) is 74.9 Å². The van der Waals surface area contributed by atoms with Gasteiger partial charge in [0.15, 0.2) is 12.6 Å². The summed E-state index contributed by atoms with van der Waals surface area (Å²) in [5.41, 5.74) is -4.37. The van der Waals surface area contributed by atoms with Gasteiger partial charge in [-0.25, -0.2) is 0 Å². The van der Waals surface area contributed by atoms with Crippen molar-refractivity contribution in [3.63, 3.8) is 0 Å². The van der Waals surface area contributed by atoms with Crippen LogP contribution in [-0.2, 0) is 38.1 Å². The van der Waals surface area contributed by atoms with Crippen LogP contribution >= 0.6 is 0 Å². The standard InChI is InChI=1S/C40H72N2O13.CH4/c1-15-17-50-41-30-21(3)19-38(9,47)35(55-37-31(43)27(42(12)13)18-22(4)51-37)24(6)32(54-29-20-39(10,49-14)34(45)26(8)52-29)25(7)36(46)53-28(16-2)40(11,48)33(44)23(30)5;/h15,21-29,31-35,37,43-45,47-48H,1,16-20H2,2-14H3;1H4/t21-,22?,23+,24+,25-,26?,27?,28-,29?,31?,32+,33-,34?,35-,37?,38-,39?,40-;/m1./s1. The lowest BCUT2D eigenvalue weighted by atomic mass is 9.73. The van der Waals surface area contributed by atoms with E-state index in [-0.39, 0.29) is 45.4 Å². The molecule has 3 fully saturated rings. The number of carbonyl (C=O) groups excluding carboxylic acids is 1. The molecule has 3 rings (SSSR count). The van der Waals surface area contributed by atoms with Gasteiger partial charge in [0.25, 0.3) is 0 Å². The minimum Gasteiger partial charge on any atom is -0.459 e. The zero-order valence-corrected chi connectivity index (χ0v) is 35.4. The van der Waals surface area contributed by atoms with E-state index in [1.807, 2.05) is 32.8 Å². The Morgan fingerprint density at radius 2 is 1.59 bits per heavy atom. The summed E-state index contributed by atoms with van der Waals surface area (Å²) in [4.78, 5) is 21.7. The Morgan fingerprint density at radius 1 is 0.964 bits per heavy atom. The number of nitrogens with zero attached hydrogens (tertiary/aromatic N) is 2. The molecule has 56 heavy (non-hydrogen) atoms. The number of aliphatic hydroxyl groups excluding tert-OH is 3. The van der Waals surface area contributed by atoms with Crippen LogP contribution < -0.4 is 0 Å². The number of aliphatic hydroxyl groups is 5. The van der Waals surface area contributed by atoms with Crippen molar-refractivity contribution in [3.05, 3.63) is 12.7 Å². The van der Waals surface area contributed by atoms with Crippen LogP contribution in [0.4, 0.5) is 0 Å². The summed E-state index contributed by atoms with van der Waals surface area (Å²) < 4.78 is 37.6. The quantitative estimate of drug-likeness (QED) is 0.0932. The third-order valence-electron chi connectivity index (χ3n) is 12.2. The lowest BCUT2D eigenvalue weighted by molar-refractivity contribution is -0.317. The SMILES string of the molecule is C.C=CCON=C1[C@H](C)C[C@@](C)(O)[C@H](OC2OC(C)CC(N(C)C)C2O)[C@@H](C)[C@H](OC2CC(C)(OC)C(O)C(C)O2)[C@@H](C)C(=O)O[C@H](CC)[C@@](C)(O)[C@H](O)[C@H]1C. The van der Waals surface area contributed by atoms with Gasteiger partial charge < -0.3 is 63.7 Å². The Bertz CT molecular complexity index is 1280. The van der Waals surface area contributed by atoms with Crippen molar-refractivity contribution in [3.8, 4) is 0 Å². The van der Waals surface area contributed by atoms with Crippen LogP contribution in [0.3, 0.4) is 0 Å². The van der Waals surface area contributed by atoms with Gasteiger partial charge in [0.1, 0.15) is 30.5 Å². The van der Waals surface area contributed by atoms with E-state index in [4.69, 9.17) is 33.3 Å². The molecule has 3 aliphatic rings. The molecule has 0 aliphatic carbocycles. The second kappa shape index (κ2) is 20.5. The second-order valence-corrected chi connectivity index (χ2v) is 17.2. The summed E-state index contributed by atoms with van der Waals surface area (Å²) >= 11 is 0. The first-order chi connectivity index (χ1) is 25.5. The Labute approximate surface area is 335 Å². The van der Waals surface area contributed by atoms with Crippen LogP contribution in [0.1, 0.15) is 102 Å². The predicted molar refractivity (Wildman–Crippen MR) is 212 cm³/mol. The summed E-state index contributed by atoms with van der Waals surface area (Å²) in [7, 11) is 5.22. The van der Waals surface area contributed by atoms with E-state index in [9.17, 15) is 30.3 Å². The van der Waals surface area contributed by atoms with Gasteiger partial charge in [-0.3, -0.25) is 4.79 Å². The van der Waals surface area contributed by atoms with Crippen LogP contribution in [-0.4, -0.2) is 154 Å². The molecule has 0 radical (unpaired) electrons. The molecule has 3 saturated heterocycles. The second-order valence-electron chi connectivity index (χ2n) is 17.2. The number of oxime groups is 1. The van der Waals surface area contributed by atoms with Crippen molar-refractivity contribution in [2.45, 2.75) is 187 Å². The number of likely N-dealkylation sites (N-methyl/N-ethyl adjacent to an activating group) is 1. The summed E-state index contributed by atoms with van der Waals surface area (Å²) in [6, 6.07) is -0.315. The van der Waals surface area contributed by atoms with Crippen LogP contribution in [0.2, 0.25) is 0 Å². The molecule has 3 heterocycles. The van der Waals surface area contributed by atoms with Crippen molar-refractivity contribution < 1.29 is 63.6 Å². The smallest absolute Gasteiger partial charge is 0.311 e. The van der Waals surface area contributed by atoms with Gasteiger partial charge in [-0.1, -0.05) is 52.9 Å². The highest BCUT2D eigenvalue weighted by atomic mass is 16.7. The highest BCUT2D eigenvalue weighted by Gasteiger charge is 2.53. The maximum atomic E-state index is 14.3. The first-order valence-electron chi connectivity index (χ1n) is 19.8. The fraction of sp³-hybridized carbons (Fsp3) is 0.902. The summed E-state index contributed by atoms with van der Waals surface area (Å²) in [6.07, 6.45) is -7.73. The van der Waals surface area contributed by atoms with Gasteiger partial charge in [0, 0.05) is 37.3 Å². The molecule has 15 nitrogen and oxygen atoms in total. The van der Waals surface area contributed by atoms with Crippen molar-refractivity contribution in [2.24, 2.45) is 28.8 Å². The fourth-order valence-corrected chi connectivity index (χ4v) is 8.76. The van der Waals surface area contributed by atoms with E-state index in [1.54, 1.807) is 48.5 Å². The number of esters is 1. The third-order valence-corrected chi connectivity index (χ3v) is 12.2. The molecule has 0 amide bonds. The van der Waals surface area contributed by atoms with Crippen LogP contribution in [0.25, 0.3) is 0 Å². The van der Waals surface area contributed by atoms with Crippen molar-refractivity contribution >= 4 is 11.7 Å². The number of methoxy groups -OCH3 is 1. The van der Waals surface area contributed by atoms with E-state index < -0.39 is 102 Å². The van der Waals surface area contributed by atoms with Crippen LogP contribution in [0.15, 0.2) is 17.8 Å². The van der Waals surface area contributed by atoms with Crippen molar-refractivity contribution in [2.75, 3.05) is 27.8 Å². The number of rotatable bonds is 10. The van der Waals surface area contributed by atoms with E-state index in [0.717, 1.165) is 0 Å². The number of hydrogen-bond acceptors (Lipinski definition) is 15. The normalized spacial score (nSPS) is 46.7. The fourth-order valence-electron chi connectivity index (χ4n) is 8.76. The maximum Gasteiger partial charge on any atom is 0.311 e. The molecule has 18 atom stereocenters. The molecule has 0 saturated carbocycles. The number of ether oxygens (including phenoxy) is 6. The molecule has 15 heteroatoms. The molecule has 3 aliphatic heterocycles. The molecular weight excluding hydrogens is 728 g/mol. The van der Waals surface area contributed by atoms with Gasteiger partial charge in [-0.2, -0.15) is 0 Å². The van der Waals surface area contributed by atoms with E-state index in [0.29, 0.717) is 12.1 Å². The Morgan fingerprint density at radius 3 is 2.14 bits per heavy atom. The molecule has 5 N–H and O–H groups in total. The average molecular weight is 805 g/mol. The summed E-state index contributed by atoms with van der Waals surface area (Å²) in [5, 5.41) is 63.2. The average Bonchev–Trinajstić information content (AvgIpc) is 3.11.